The second-order valence-corrected chi connectivity index (χ2v) is 6.16. The number of nitrogens with zero attached hydrogens (tertiary/aromatic N) is 1. The predicted octanol–water partition coefficient (Wildman–Crippen LogP) is 3.91. The molecule has 2 atom stereocenters. The summed E-state index contributed by atoms with van der Waals surface area (Å²) >= 11 is 0. The molecule has 0 amide bonds. The predicted molar refractivity (Wildman–Crippen MR) is 86.7 cm³/mol. The van der Waals surface area contributed by atoms with E-state index in [1.54, 1.807) is 0 Å². The van der Waals surface area contributed by atoms with E-state index in [-0.39, 0.29) is 5.54 Å². The summed E-state index contributed by atoms with van der Waals surface area (Å²) in [4.78, 5) is 2.66. The van der Waals surface area contributed by atoms with Gasteiger partial charge in [-0.05, 0) is 44.3 Å². The molecule has 1 aromatic rings. The molecule has 1 aromatic carbocycles. The maximum atomic E-state index is 6.94. The minimum absolute atomic E-state index is 0.214. The minimum Gasteiger partial charge on any atom is -0.320 e. The summed E-state index contributed by atoms with van der Waals surface area (Å²) in [6.07, 6.45) is 7.43. The van der Waals surface area contributed by atoms with Crippen molar-refractivity contribution in [2.45, 2.75) is 64.0 Å². The van der Waals surface area contributed by atoms with E-state index >= 15 is 0 Å². The Morgan fingerprint density at radius 1 is 1.10 bits per heavy atom. The molecule has 0 aliphatic carbocycles. The summed E-state index contributed by atoms with van der Waals surface area (Å²) in [5, 5.41) is 0. The van der Waals surface area contributed by atoms with Crippen LogP contribution >= 0.6 is 0 Å². The third-order valence-corrected chi connectivity index (χ3v) is 4.88. The Balaban J connectivity index is 2.28. The van der Waals surface area contributed by atoms with Crippen molar-refractivity contribution < 1.29 is 0 Å². The van der Waals surface area contributed by atoms with Gasteiger partial charge in [0.15, 0.2) is 0 Å². The SMILES string of the molecule is CCCC(N1CCCCC1)C(N)(CC)c1ccccc1. The first-order valence-electron chi connectivity index (χ1n) is 8.30. The molecule has 2 nitrogen and oxygen atoms in total. The van der Waals surface area contributed by atoms with Crippen LogP contribution in [0.3, 0.4) is 0 Å². The van der Waals surface area contributed by atoms with Gasteiger partial charge in [0.2, 0.25) is 0 Å². The fourth-order valence-electron chi connectivity index (χ4n) is 3.65. The van der Waals surface area contributed by atoms with Gasteiger partial charge in [-0.15, -0.1) is 0 Å². The Bertz CT molecular complexity index is 384. The molecule has 0 spiro atoms. The molecule has 1 saturated heterocycles. The Kier molecular flexibility index (Phi) is 5.62. The fourth-order valence-corrected chi connectivity index (χ4v) is 3.65. The van der Waals surface area contributed by atoms with Crippen LogP contribution in [-0.4, -0.2) is 24.0 Å². The van der Waals surface area contributed by atoms with Gasteiger partial charge in [0.05, 0.1) is 5.54 Å². The Morgan fingerprint density at radius 3 is 2.30 bits per heavy atom. The minimum atomic E-state index is -0.214. The molecule has 20 heavy (non-hydrogen) atoms. The first-order valence-corrected chi connectivity index (χ1v) is 8.30. The van der Waals surface area contributed by atoms with Gasteiger partial charge < -0.3 is 5.73 Å². The molecular formula is C18H30N2. The van der Waals surface area contributed by atoms with Gasteiger partial charge in [-0.25, -0.2) is 0 Å². The summed E-state index contributed by atoms with van der Waals surface area (Å²) in [7, 11) is 0. The third-order valence-electron chi connectivity index (χ3n) is 4.88. The lowest BCUT2D eigenvalue weighted by Crippen LogP contribution is -2.57. The molecule has 1 fully saturated rings. The number of likely N-dealkylation sites (tertiary alicyclic amines) is 1. The van der Waals surface area contributed by atoms with Crippen LogP contribution in [-0.2, 0) is 5.54 Å². The van der Waals surface area contributed by atoms with Crippen molar-refractivity contribution in [3.63, 3.8) is 0 Å². The average Bonchev–Trinajstić information content (AvgIpc) is 2.53. The van der Waals surface area contributed by atoms with Gasteiger partial charge in [-0.1, -0.05) is 57.0 Å². The highest BCUT2D eigenvalue weighted by molar-refractivity contribution is 5.26. The average molecular weight is 274 g/mol. The highest BCUT2D eigenvalue weighted by Gasteiger charge is 2.38. The van der Waals surface area contributed by atoms with Crippen molar-refractivity contribution in [3.8, 4) is 0 Å². The smallest absolute Gasteiger partial charge is 0.0564 e. The van der Waals surface area contributed by atoms with Gasteiger partial charge in [-0.3, -0.25) is 4.90 Å². The van der Waals surface area contributed by atoms with E-state index in [4.69, 9.17) is 5.73 Å². The van der Waals surface area contributed by atoms with E-state index in [0.717, 1.165) is 6.42 Å². The first-order chi connectivity index (χ1) is 9.72. The van der Waals surface area contributed by atoms with E-state index in [2.05, 4.69) is 49.1 Å². The van der Waals surface area contributed by atoms with Crippen molar-refractivity contribution in [1.29, 1.82) is 0 Å². The van der Waals surface area contributed by atoms with Crippen LogP contribution in [0.15, 0.2) is 30.3 Å². The summed E-state index contributed by atoms with van der Waals surface area (Å²) in [6.45, 7) is 6.95. The molecule has 2 unspecified atom stereocenters. The maximum absolute atomic E-state index is 6.94. The topological polar surface area (TPSA) is 29.3 Å². The second-order valence-electron chi connectivity index (χ2n) is 6.16. The van der Waals surface area contributed by atoms with Crippen molar-refractivity contribution >= 4 is 0 Å². The van der Waals surface area contributed by atoms with E-state index in [1.807, 2.05) is 0 Å². The van der Waals surface area contributed by atoms with Crippen LogP contribution in [0.25, 0.3) is 0 Å². The third kappa shape index (κ3) is 3.24. The molecule has 112 valence electrons. The van der Waals surface area contributed by atoms with E-state index < -0.39 is 0 Å². The molecular weight excluding hydrogens is 244 g/mol. The summed E-state index contributed by atoms with van der Waals surface area (Å²) < 4.78 is 0. The number of nitrogens with two attached hydrogens (primary N) is 1. The zero-order chi connectivity index (χ0) is 14.4. The Hall–Kier alpha value is -0.860. The van der Waals surface area contributed by atoms with Crippen LogP contribution in [0.4, 0.5) is 0 Å². The Labute approximate surface area is 124 Å². The van der Waals surface area contributed by atoms with Crippen LogP contribution < -0.4 is 5.73 Å². The molecule has 0 bridgehead atoms. The van der Waals surface area contributed by atoms with Gasteiger partial charge in [0, 0.05) is 6.04 Å². The van der Waals surface area contributed by atoms with Crippen molar-refractivity contribution in [2.75, 3.05) is 13.1 Å². The van der Waals surface area contributed by atoms with Crippen molar-refractivity contribution in [3.05, 3.63) is 35.9 Å². The van der Waals surface area contributed by atoms with Crippen LogP contribution in [0, 0.1) is 0 Å². The second kappa shape index (κ2) is 7.24. The summed E-state index contributed by atoms with van der Waals surface area (Å²) in [6, 6.07) is 11.2. The van der Waals surface area contributed by atoms with Gasteiger partial charge in [0.25, 0.3) is 0 Å². The van der Waals surface area contributed by atoms with Gasteiger partial charge in [0.1, 0.15) is 0 Å². The van der Waals surface area contributed by atoms with Crippen LogP contribution in [0.1, 0.15) is 57.9 Å². The molecule has 0 radical (unpaired) electrons. The lowest BCUT2D eigenvalue weighted by Gasteiger charge is -2.45. The van der Waals surface area contributed by atoms with Gasteiger partial charge >= 0.3 is 0 Å². The lowest BCUT2D eigenvalue weighted by atomic mass is 9.78. The molecule has 1 aliphatic heterocycles. The van der Waals surface area contributed by atoms with E-state index in [9.17, 15) is 0 Å². The molecule has 2 rings (SSSR count). The number of rotatable bonds is 6. The maximum Gasteiger partial charge on any atom is 0.0564 e. The normalized spacial score (nSPS) is 21.4. The molecule has 1 aliphatic rings. The van der Waals surface area contributed by atoms with Crippen LogP contribution in [0.5, 0.6) is 0 Å². The highest BCUT2D eigenvalue weighted by Crippen LogP contribution is 2.33. The molecule has 0 aromatic heterocycles. The summed E-state index contributed by atoms with van der Waals surface area (Å²) in [5.74, 6) is 0. The molecule has 0 saturated carbocycles. The van der Waals surface area contributed by atoms with Crippen molar-refractivity contribution in [1.82, 2.24) is 4.90 Å². The number of benzene rings is 1. The largest absolute Gasteiger partial charge is 0.320 e. The summed E-state index contributed by atoms with van der Waals surface area (Å²) in [5.41, 5.74) is 8.02. The lowest BCUT2D eigenvalue weighted by molar-refractivity contribution is 0.0857. The molecule has 2 N–H and O–H groups in total. The van der Waals surface area contributed by atoms with E-state index in [0.29, 0.717) is 6.04 Å². The zero-order valence-corrected chi connectivity index (χ0v) is 13.1. The monoisotopic (exact) mass is 274 g/mol. The van der Waals surface area contributed by atoms with Crippen LogP contribution in [0.2, 0.25) is 0 Å². The zero-order valence-electron chi connectivity index (χ0n) is 13.1. The first kappa shape index (κ1) is 15.5. The molecule has 1 heterocycles. The number of hydrogen-bond acceptors (Lipinski definition) is 2. The standard InChI is InChI=1S/C18H30N2/c1-3-11-17(20-14-9-6-10-15-20)18(19,4-2)16-12-7-5-8-13-16/h5,7-8,12-13,17H,3-4,6,9-11,14-15,19H2,1-2H3. The quantitative estimate of drug-likeness (QED) is 0.852. The fraction of sp³-hybridized carbons (Fsp3) is 0.667. The number of piperidine rings is 1. The highest BCUT2D eigenvalue weighted by atomic mass is 15.2. The van der Waals surface area contributed by atoms with Crippen molar-refractivity contribution in [2.24, 2.45) is 5.73 Å². The van der Waals surface area contributed by atoms with E-state index in [1.165, 1.54) is 50.8 Å². The Morgan fingerprint density at radius 2 is 1.75 bits per heavy atom. The van der Waals surface area contributed by atoms with Gasteiger partial charge in [-0.2, -0.15) is 0 Å². The number of hydrogen-bond donors (Lipinski definition) is 1. The molecule has 2 heteroatoms.